The van der Waals surface area contributed by atoms with Crippen LogP contribution in [0.3, 0.4) is 0 Å². The summed E-state index contributed by atoms with van der Waals surface area (Å²) < 4.78 is 11.8. The van der Waals surface area contributed by atoms with Crippen LogP contribution in [0.25, 0.3) is 0 Å². The molecule has 2 aliphatic heterocycles. The molecule has 1 aromatic rings. The third-order valence-corrected chi connectivity index (χ3v) is 4.38. The summed E-state index contributed by atoms with van der Waals surface area (Å²) in [5.41, 5.74) is 10.2. The molecule has 1 aromatic carbocycles. The molecule has 0 aromatic heterocycles. The zero-order valence-electron chi connectivity index (χ0n) is 10.6. The van der Waals surface area contributed by atoms with Crippen LogP contribution in [0, 0.1) is 0 Å². The van der Waals surface area contributed by atoms with Gasteiger partial charge in [0.2, 0.25) is 0 Å². The molecule has 0 radical (unpaired) electrons. The van der Waals surface area contributed by atoms with E-state index in [1.165, 1.54) is 16.7 Å². The standard InChI is InChI=1S/C15H19NO2/c16-15(5-6-15)13-11-4-2-7-17-12(11)9-10-3-1-8-18-14(10)13/h9H,1-8,16H2. The van der Waals surface area contributed by atoms with Crippen LogP contribution < -0.4 is 15.2 Å². The average molecular weight is 245 g/mol. The van der Waals surface area contributed by atoms with Crippen LogP contribution in [0.5, 0.6) is 11.5 Å². The summed E-state index contributed by atoms with van der Waals surface area (Å²) in [4.78, 5) is 0. The molecule has 2 N–H and O–H groups in total. The molecule has 1 aliphatic carbocycles. The molecule has 0 atom stereocenters. The maximum atomic E-state index is 6.48. The molecule has 18 heavy (non-hydrogen) atoms. The molecule has 3 aliphatic rings. The Kier molecular flexibility index (Phi) is 2.16. The van der Waals surface area contributed by atoms with Gasteiger partial charge in [-0.15, -0.1) is 0 Å². The number of ether oxygens (including phenoxy) is 2. The lowest BCUT2D eigenvalue weighted by Gasteiger charge is -2.29. The second-order valence-electron chi connectivity index (χ2n) is 5.78. The zero-order valence-corrected chi connectivity index (χ0v) is 10.6. The number of nitrogens with two attached hydrogens (primary N) is 1. The SMILES string of the molecule is NC1(c2c3c(cc4c2OCCC4)OCCC3)CC1. The van der Waals surface area contributed by atoms with Gasteiger partial charge in [-0.1, -0.05) is 0 Å². The van der Waals surface area contributed by atoms with Crippen molar-refractivity contribution in [1.29, 1.82) is 0 Å². The molecule has 0 saturated heterocycles. The van der Waals surface area contributed by atoms with Crippen LogP contribution in [-0.2, 0) is 18.4 Å². The molecule has 96 valence electrons. The van der Waals surface area contributed by atoms with Gasteiger partial charge in [0.25, 0.3) is 0 Å². The summed E-state index contributed by atoms with van der Waals surface area (Å²) in [6.45, 7) is 1.67. The van der Waals surface area contributed by atoms with E-state index < -0.39 is 0 Å². The molecule has 4 rings (SSSR count). The number of rotatable bonds is 1. The monoisotopic (exact) mass is 245 g/mol. The van der Waals surface area contributed by atoms with E-state index in [0.717, 1.165) is 63.2 Å². The minimum Gasteiger partial charge on any atom is -0.493 e. The topological polar surface area (TPSA) is 44.5 Å². The van der Waals surface area contributed by atoms with Crippen molar-refractivity contribution < 1.29 is 9.47 Å². The third-order valence-electron chi connectivity index (χ3n) is 4.38. The fourth-order valence-corrected chi connectivity index (χ4v) is 3.24. The summed E-state index contributed by atoms with van der Waals surface area (Å²) >= 11 is 0. The van der Waals surface area contributed by atoms with Crippen molar-refractivity contribution in [3.8, 4) is 11.5 Å². The summed E-state index contributed by atoms with van der Waals surface area (Å²) in [6.07, 6.45) is 6.53. The zero-order chi connectivity index (χ0) is 12.2. The van der Waals surface area contributed by atoms with Gasteiger partial charge in [0.05, 0.1) is 13.2 Å². The smallest absolute Gasteiger partial charge is 0.128 e. The van der Waals surface area contributed by atoms with E-state index in [0.29, 0.717) is 0 Å². The molecule has 2 heterocycles. The van der Waals surface area contributed by atoms with Gasteiger partial charge in [0.1, 0.15) is 11.5 Å². The van der Waals surface area contributed by atoms with E-state index in [9.17, 15) is 0 Å². The van der Waals surface area contributed by atoms with Crippen LogP contribution in [0.4, 0.5) is 0 Å². The van der Waals surface area contributed by atoms with E-state index >= 15 is 0 Å². The van der Waals surface area contributed by atoms with E-state index in [2.05, 4.69) is 6.07 Å². The molecule has 0 spiro atoms. The van der Waals surface area contributed by atoms with Gasteiger partial charge in [-0.05, 0) is 50.2 Å². The highest BCUT2D eigenvalue weighted by Crippen LogP contribution is 2.52. The first-order valence-electron chi connectivity index (χ1n) is 7.02. The fourth-order valence-electron chi connectivity index (χ4n) is 3.24. The molecule has 3 heteroatoms. The van der Waals surface area contributed by atoms with Gasteiger partial charge >= 0.3 is 0 Å². The van der Waals surface area contributed by atoms with Crippen LogP contribution in [0.1, 0.15) is 42.4 Å². The Labute approximate surface area is 107 Å². The minimum atomic E-state index is -0.131. The lowest BCUT2D eigenvalue weighted by atomic mass is 9.88. The van der Waals surface area contributed by atoms with Crippen LogP contribution in [0.15, 0.2) is 6.07 Å². The highest BCUT2D eigenvalue weighted by Gasteiger charge is 2.45. The van der Waals surface area contributed by atoms with Crippen molar-refractivity contribution in [2.24, 2.45) is 5.73 Å². The van der Waals surface area contributed by atoms with E-state index in [1.807, 2.05) is 0 Å². The second-order valence-corrected chi connectivity index (χ2v) is 5.78. The third kappa shape index (κ3) is 1.46. The molecular formula is C15H19NO2. The van der Waals surface area contributed by atoms with E-state index in [-0.39, 0.29) is 5.54 Å². The number of fused-ring (bicyclic) bond motifs is 2. The van der Waals surface area contributed by atoms with Gasteiger partial charge < -0.3 is 15.2 Å². The Hall–Kier alpha value is -1.22. The van der Waals surface area contributed by atoms with Crippen molar-refractivity contribution in [2.45, 2.75) is 44.1 Å². The molecule has 0 bridgehead atoms. The Morgan fingerprint density at radius 3 is 2.67 bits per heavy atom. The maximum Gasteiger partial charge on any atom is 0.128 e. The second kappa shape index (κ2) is 3.64. The number of hydrogen-bond donors (Lipinski definition) is 1. The normalized spacial score (nSPS) is 23.4. The largest absolute Gasteiger partial charge is 0.493 e. The maximum absolute atomic E-state index is 6.48. The Morgan fingerprint density at radius 1 is 1.06 bits per heavy atom. The minimum absolute atomic E-state index is 0.131. The predicted molar refractivity (Wildman–Crippen MR) is 69.2 cm³/mol. The number of aryl methyl sites for hydroxylation is 1. The first kappa shape index (κ1) is 10.7. The summed E-state index contributed by atoms with van der Waals surface area (Å²) in [6, 6.07) is 2.19. The van der Waals surface area contributed by atoms with Gasteiger partial charge in [-0.25, -0.2) is 0 Å². The number of hydrogen-bond acceptors (Lipinski definition) is 3. The van der Waals surface area contributed by atoms with Gasteiger partial charge in [-0.2, -0.15) is 0 Å². The molecule has 0 unspecified atom stereocenters. The fraction of sp³-hybridized carbons (Fsp3) is 0.600. The first-order chi connectivity index (χ1) is 8.78. The molecule has 1 saturated carbocycles. The van der Waals surface area contributed by atoms with Gasteiger partial charge in [0, 0.05) is 16.7 Å². The molecule has 1 fully saturated rings. The lowest BCUT2D eigenvalue weighted by molar-refractivity contribution is 0.266. The average Bonchev–Trinajstić information content (AvgIpc) is 3.14. The summed E-state index contributed by atoms with van der Waals surface area (Å²) in [5.74, 6) is 2.16. The van der Waals surface area contributed by atoms with Crippen molar-refractivity contribution in [3.05, 3.63) is 22.8 Å². The Bertz CT molecular complexity index is 471. The molecular weight excluding hydrogens is 226 g/mol. The summed E-state index contributed by atoms with van der Waals surface area (Å²) in [7, 11) is 0. The molecule has 3 nitrogen and oxygen atoms in total. The highest BCUT2D eigenvalue weighted by molar-refractivity contribution is 5.59. The predicted octanol–water partition coefficient (Wildman–Crippen LogP) is 2.28. The van der Waals surface area contributed by atoms with Crippen LogP contribution in [-0.4, -0.2) is 13.2 Å². The highest BCUT2D eigenvalue weighted by atomic mass is 16.5. The van der Waals surface area contributed by atoms with Gasteiger partial charge in [-0.3, -0.25) is 0 Å². The van der Waals surface area contributed by atoms with Crippen molar-refractivity contribution >= 4 is 0 Å². The number of benzene rings is 1. The Morgan fingerprint density at radius 2 is 1.83 bits per heavy atom. The first-order valence-corrected chi connectivity index (χ1v) is 7.02. The quantitative estimate of drug-likeness (QED) is 0.825. The lowest BCUT2D eigenvalue weighted by Crippen LogP contribution is -2.26. The van der Waals surface area contributed by atoms with E-state index in [1.54, 1.807) is 0 Å². The van der Waals surface area contributed by atoms with Crippen molar-refractivity contribution in [2.75, 3.05) is 13.2 Å². The summed E-state index contributed by atoms with van der Waals surface area (Å²) in [5, 5.41) is 0. The Balaban J connectivity index is 1.95. The van der Waals surface area contributed by atoms with Crippen molar-refractivity contribution in [3.63, 3.8) is 0 Å². The van der Waals surface area contributed by atoms with Crippen LogP contribution >= 0.6 is 0 Å². The van der Waals surface area contributed by atoms with Gasteiger partial charge in [0.15, 0.2) is 0 Å². The van der Waals surface area contributed by atoms with Crippen LogP contribution in [0.2, 0.25) is 0 Å². The van der Waals surface area contributed by atoms with Crippen molar-refractivity contribution in [1.82, 2.24) is 0 Å². The van der Waals surface area contributed by atoms with E-state index in [4.69, 9.17) is 15.2 Å². The molecule has 0 amide bonds.